The summed E-state index contributed by atoms with van der Waals surface area (Å²) >= 11 is 8.59. The van der Waals surface area contributed by atoms with Crippen molar-refractivity contribution >= 4 is 49.6 Å². The number of fused-ring (bicyclic) bond motifs is 1. The summed E-state index contributed by atoms with van der Waals surface area (Å²) < 4.78 is 0.840. The summed E-state index contributed by atoms with van der Waals surface area (Å²) in [5, 5.41) is 2.50. The summed E-state index contributed by atoms with van der Waals surface area (Å²) in [6, 6.07) is 5.50. The Morgan fingerprint density at radius 3 is 2.93 bits per heavy atom. The normalized spacial score (nSPS) is 10.3. The highest BCUT2D eigenvalue weighted by atomic mass is 79.9. The zero-order chi connectivity index (χ0) is 10.8. The van der Waals surface area contributed by atoms with E-state index in [9.17, 15) is 4.79 Å². The molecule has 0 aliphatic rings. The van der Waals surface area contributed by atoms with Gasteiger partial charge in [-0.2, -0.15) is 0 Å². The molecule has 1 aromatic heterocycles. The fourth-order valence-corrected chi connectivity index (χ4v) is 1.80. The van der Waals surface area contributed by atoms with Crippen LogP contribution in [0.2, 0.25) is 0 Å². The van der Waals surface area contributed by atoms with Crippen LogP contribution in [0.5, 0.6) is 0 Å². The predicted octanol–water partition coefficient (Wildman–Crippen LogP) is 3.16. The van der Waals surface area contributed by atoms with Crippen LogP contribution < -0.4 is 5.32 Å². The van der Waals surface area contributed by atoms with Crippen LogP contribution in [0.1, 0.15) is 0 Å². The average Bonchev–Trinajstić information content (AvgIpc) is 2.19. The second-order valence-corrected chi connectivity index (χ2v) is 3.95. The van der Waals surface area contributed by atoms with Crippen LogP contribution in [0.3, 0.4) is 0 Å². The Balaban J connectivity index is 2.65. The summed E-state index contributed by atoms with van der Waals surface area (Å²) in [5.41, 5.74) is 0.730. The van der Waals surface area contributed by atoms with Crippen molar-refractivity contribution in [3.05, 3.63) is 29.0 Å². The van der Waals surface area contributed by atoms with Crippen molar-refractivity contribution in [2.45, 2.75) is 0 Å². The number of hydrogen-bond acceptors (Lipinski definition) is 3. The number of anilines is 1. The van der Waals surface area contributed by atoms with Crippen molar-refractivity contribution < 1.29 is 4.79 Å². The van der Waals surface area contributed by atoms with Gasteiger partial charge >= 0.3 is 5.37 Å². The minimum atomic E-state index is -0.671. The van der Waals surface area contributed by atoms with E-state index in [1.54, 1.807) is 0 Å². The molecule has 0 spiro atoms. The lowest BCUT2D eigenvalue weighted by Crippen LogP contribution is -2.04. The van der Waals surface area contributed by atoms with Crippen LogP contribution >= 0.6 is 27.5 Å². The lowest BCUT2D eigenvalue weighted by atomic mass is 10.2. The van der Waals surface area contributed by atoms with Crippen molar-refractivity contribution in [2.75, 3.05) is 5.32 Å². The topological polar surface area (TPSA) is 54.9 Å². The number of amides is 1. The fourth-order valence-electron chi connectivity index (χ4n) is 1.24. The summed E-state index contributed by atoms with van der Waals surface area (Å²) in [6.45, 7) is 0. The van der Waals surface area contributed by atoms with Crippen LogP contribution in [0, 0.1) is 0 Å². The van der Waals surface area contributed by atoms with E-state index in [0.717, 1.165) is 15.4 Å². The van der Waals surface area contributed by atoms with Gasteiger partial charge in [-0.3, -0.25) is 10.1 Å². The number of carbonyl (C=O) groups is 1. The summed E-state index contributed by atoms with van der Waals surface area (Å²) in [6.07, 6.45) is 1.37. The molecule has 0 bridgehead atoms. The molecule has 0 atom stereocenters. The molecule has 2 rings (SSSR count). The van der Waals surface area contributed by atoms with Gasteiger partial charge in [0, 0.05) is 9.86 Å². The number of para-hydroxylation sites is 1. The molecule has 0 radical (unpaired) electrons. The first-order valence-corrected chi connectivity index (χ1v) is 5.21. The molecule has 0 fully saturated rings. The smallest absolute Gasteiger partial charge is 0.296 e. The molecule has 1 aromatic carbocycles. The molecular weight excluding hydrogens is 281 g/mol. The third-order valence-corrected chi connectivity index (χ3v) is 2.57. The highest BCUT2D eigenvalue weighted by Crippen LogP contribution is 2.25. The van der Waals surface area contributed by atoms with E-state index in [0.29, 0.717) is 5.82 Å². The van der Waals surface area contributed by atoms with Crippen molar-refractivity contribution in [3.63, 3.8) is 0 Å². The molecule has 0 unspecified atom stereocenters. The summed E-state index contributed by atoms with van der Waals surface area (Å²) in [4.78, 5) is 18.8. The van der Waals surface area contributed by atoms with Gasteiger partial charge in [0.05, 0.1) is 5.52 Å². The quantitative estimate of drug-likeness (QED) is 0.647. The van der Waals surface area contributed by atoms with Gasteiger partial charge in [0.25, 0.3) is 0 Å². The van der Waals surface area contributed by atoms with Gasteiger partial charge in [-0.05, 0) is 39.7 Å². The molecule has 1 heterocycles. The third-order valence-electron chi connectivity index (χ3n) is 1.83. The van der Waals surface area contributed by atoms with Gasteiger partial charge in [0.15, 0.2) is 0 Å². The van der Waals surface area contributed by atoms with Crippen LogP contribution in [0.4, 0.5) is 10.6 Å². The third kappa shape index (κ3) is 2.08. The van der Waals surface area contributed by atoms with Crippen LogP contribution in [0.25, 0.3) is 10.9 Å². The Morgan fingerprint density at radius 2 is 2.20 bits per heavy atom. The number of carbonyl (C=O) groups excluding carboxylic acids is 1. The van der Waals surface area contributed by atoms with Gasteiger partial charge < -0.3 is 0 Å². The van der Waals surface area contributed by atoms with Crippen LogP contribution in [0.15, 0.2) is 29.0 Å². The van der Waals surface area contributed by atoms with Gasteiger partial charge in [0.1, 0.15) is 12.1 Å². The first-order valence-electron chi connectivity index (χ1n) is 4.04. The number of aromatic nitrogens is 2. The molecule has 0 aliphatic carbocycles. The number of halogens is 2. The van der Waals surface area contributed by atoms with E-state index in [-0.39, 0.29) is 0 Å². The maximum Gasteiger partial charge on any atom is 0.319 e. The standard InChI is InChI=1S/C9H5BrClN3O/c10-6-3-1-2-5-7(6)12-4-13-8(5)14-9(11)15/h1-4H,(H,12,13,14,15). The Hall–Kier alpha value is -1.20. The number of rotatable bonds is 1. The maximum atomic E-state index is 10.7. The SMILES string of the molecule is O=C(Cl)Nc1ncnc2c(Br)cccc12. The average molecular weight is 287 g/mol. The predicted molar refractivity (Wildman–Crippen MR) is 62.1 cm³/mol. The first kappa shape index (κ1) is 10.3. The molecule has 4 nitrogen and oxygen atoms in total. The Kier molecular flexibility index (Phi) is 2.83. The van der Waals surface area contributed by atoms with Crippen molar-refractivity contribution in [1.82, 2.24) is 9.97 Å². The second kappa shape index (κ2) is 4.12. The van der Waals surface area contributed by atoms with E-state index in [2.05, 4.69) is 31.2 Å². The van der Waals surface area contributed by atoms with Gasteiger partial charge in [-0.15, -0.1) is 0 Å². The zero-order valence-corrected chi connectivity index (χ0v) is 9.71. The van der Waals surface area contributed by atoms with E-state index in [1.165, 1.54) is 6.33 Å². The zero-order valence-electron chi connectivity index (χ0n) is 7.37. The highest BCUT2D eigenvalue weighted by Gasteiger charge is 2.07. The molecule has 2 aromatic rings. The second-order valence-electron chi connectivity index (χ2n) is 2.76. The minimum Gasteiger partial charge on any atom is -0.296 e. The van der Waals surface area contributed by atoms with Crippen molar-refractivity contribution in [1.29, 1.82) is 0 Å². The number of hydrogen-bond donors (Lipinski definition) is 1. The molecule has 1 N–H and O–H groups in total. The lowest BCUT2D eigenvalue weighted by Gasteiger charge is -2.04. The minimum absolute atomic E-state index is 0.404. The summed E-state index contributed by atoms with van der Waals surface area (Å²) in [5.74, 6) is 0.404. The maximum absolute atomic E-state index is 10.7. The van der Waals surface area contributed by atoms with Gasteiger partial charge in [-0.1, -0.05) is 6.07 Å². The highest BCUT2D eigenvalue weighted by molar-refractivity contribution is 9.10. The molecule has 15 heavy (non-hydrogen) atoms. The van der Waals surface area contributed by atoms with E-state index in [4.69, 9.17) is 11.6 Å². The Morgan fingerprint density at radius 1 is 1.40 bits per heavy atom. The van der Waals surface area contributed by atoms with Gasteiger partial charge in [0.2, 0.25) is 0 Å². The largest absolute Gasteiger partial charge is 0.319 e. The van der Waals surface area contributed by atoms with Crippen LogP contribution in [-0.4, -0.2) is 15.3 Å². The van der Waals surface area contributed by atoms with E-state index >= 15 is 0 Å². The summed E-state index contributed by atoms with van der Waals surface area (Å²) in [7, 11) is 0. The fraction of sp³-hybridized carbons (Fsp3) is 0. The van der Waals surface area contributed by atoms with Crippen molar-refractivity contribution in [2.24, 2.45) is 0 Å². The monoisotopic (exact) mass is 285 g/mol. The lowest BCUT2D eigenvalue weighted by molar-refractivity contribution is 0.269. The molecule has 0 aliphatic heterocycles. The molecule has 0 saturated carbocycles. The first-order chi connectivity index (χ1) is 7.18. The Bertz CT molecular complexity index is 532. The Labute approximate surface area is 98.8 Å². The molecular formula is C9H5BrClN3O. The number of nitrogens with zero attached hydrogens (tertiary/aromatic N) is 2. The van der Waals surface area contributed by atoms with Crippen LogP contribution in [-0.2, 0) is 0 Å². The van der Waals surface area contributed by atoms with Crippen molar-refractivity contribution in [3.8, 4) is 0 Å². The van der Waals surface area contributed by atoms with E-state index < -0.39 is 5.37 Å². The molecule has 6 heteroatoms. The van der Waals surface area contributed by atoms with E-state index in [1.807, 2.05) is 18.2 Å². The number of benzene rings is 1. The molecule has 0 saturated heterocycles. The van der Waals surface area contributed by atoms with Gasteiger partial charge in [-0.25, -0.2) is 9.97 Å². The number of nitrogens with one attached hydrogen (secondary N) is 1. The molecule has 76 valence electrons. The molecule has 1 amide bonds.